The van der Waals surface area contributed by atoms with Crippen molar-refractivity contribution < 1.29 is 24.2 Å². The molecule has 0 aliphatic carbocycles. The van der Waals surface area contributed by atoms with Gasteiger partial charge in [0.15, 0.2) is 0 Å². The van der Waals surface area contributed by atoms with Gasteiger partial charge in [-0.05, 0) is 19.4 Å². The topological polar surface area (TPSA) is 96.9 Å². The van der Waals surface area contributed by atoms with Crippen LogP contribution in [0.1, 0.15) is 23.7 Å². The molecule has 3 N–H and O–H groups in total. The molecule has 0 aliphatic heterocycles. The van der Waals surface area contributed by atoms with Crippen molar-refractivity contribution in [3.8, 4) is 5.75 Å². The number of hydrogen-bond acceptors (Lipinski definition) is 5. The van der Waals surface area contributed by atoms with Crippen molar-refractivity contribution in [1.29, 1.82) is 0 Å². The fourth-order valence-electron chi connectivity index (χ4n) is 1.65. The quantitative estimate of drug-likeness (QED) is 0.693. The van der Waals surface area contributed by atoms with Crippen molar-refractivity contribution in [2.24, 2.45) is 0 Å². The molecule has 1 aromatic carbocycles. The SMILES string of the molecule is COC(=O)c1cc(Cl)c(NC(=O)NCC[C@H](C)O)cc1OC. The van der Waals surface area contributed by atoms with Crippen LogP contribution in [0.2, 0.25) is 5.02 Å². The zero-order chi connectivity index (χ0) is 16.7. The summed E-state index contributed by atoms with van der Waals surface area (Å²) in [6.07, 6.45) is -0.0607. The van der Waals surface area contributed by atoms with Gasteiger partial charge in [-0.25, -0.2) is 9.59 Å². The molecule has 0 aliphatic rings. The largest absolute Gasteiger partial charge is 0.496 e. The Morgan fingerprint density at radius 1 is 1.36 bits per heavy atom. The van der Waals surface area contributed by atoms with E-state index in [0.717, 1.165) is 0 Å². The highest BCUT2D eigenvalue weighted by Crippen LogP contribution is 2.31. The fraction of sp³-hybridized carbons (Fsp3) is 0.429. The molecular formula is C14H19ClN2O5. The Bertz CT molecular complexity index is 548. The monoisotopic (exact) mass is 330 g/mol. The van der Waals surface area contributed by atoms with E-state index in [9.17, 15) is 9.59 Å². The van der Waals surface area contributed by atoms with Crippen LogP contribution in [-0.4, -0.2) is 44.0 Å². The predicted molar refractivity (Wildman–Crippen MR) is 82.7 cm³/mol. The molecule has 8 heteroatoms. The van der Waals surface area contributed by atoms with Gasteiger partial charge in [0.2, 0.25) is 0 Å². The molecule has 7 nitrogen and oxygen atoms in total. The van der Waals surface area contributed by atoms with Crippen LogP contribution >= 0.6 is 11.6 Å². The highest BCUT2D eigenvalue weighted by atomic mass is 35.5. The summed E-state index contributed by atoms with van der Waals surface area (Å²) in [7, 11) is 2.64. The number of hydrogen-bond donors (Lipinski definition) is 3. The van der Waals surface area contributed by atoms with Gasteiger partial charge in [-0.1, -0.05) is 11.6 Å². The second-order valence-corrected chi connectivity index (χ2v) is 4.95. The third-order valence-electron chi connectivity index (χ3n) is 2.79. The Morgan fingerprint density at radius 3 is 2.59 bits per heavy atom. The number of nitrogens with one attached hydrogen (secondary N) is 2. The summed E-state index contributed by atoms with van der Waals surface area (Å²) in [4.78, 5) is 23.3. The number of carbonyl (C=O) groups excluding carboxylic acids is 2. The third kappa shape index (κ3) is 5.09. The maximum Gasteiger partial charge on any atom is 0.341 e. The second-order valence-electron chi connectivity index (χ2n) is 4.54. The van der Waals surface area contributed by atoms with E-state index in [-0.39, 0.29) is 16.3 Å². The third-order valence-corrected chi connectivity index (χ3v) is 3.10. The van der Waals surface area contributed by atoms with Crippen LogP contribution < -0.4 is 15.4 Å². The lowest BCUT2D eigenvalue weighted by atomic mass is 10.2. The van der Waals surface area contributed by atoms with Gasteiger partial charge in [0.1, 0.15) is 11.3 Å². The molecular weight excluding hydrogens is 312 g/mol. The molecule has 0 heterocycles. The summed E-state index contributed by atoms with van der Waals surface area (Å²) in [6, 6.07) is 2.32. The maximum atomic E-state index is 11.7. The van der Waals surface area contributed by atoms with Gasteiger partial charge in [-0.15, -0.1) is 0 Å². The first-order valence-corrected chi connectivity index (χ1v) is 6.95. The molecule has 0 aromatic heterocycles. The fourth-order valence-corrected chi connectivity index (χ4v) is 1.86. The molecule has 2 amide bonds. The average molecular weight is 331 g/mol. The van der Waals surface area contributed by atoms with Crippen LogP contribution in [0.5, 0.6) is 5.75 Å². The lowest BCUT2D eigenvalue weighted by Crippen LogP contribution is -2.31. The Labute approximate surface area is 133 Å². The van der Waals surface area contributed by atoms with Crippen molar-refractivity contribution >= 4 is 29.3 Å². The van der Waals surface area contributed by atoms with Gasteiger partial charge in [-0.3, -0.25) is 0 Å². The van der Waals surface area contributed by atoms with Crippen molar-refractivity contribution in [2.45, 2.75) is 19.4 Å². The van der Waals surface area contributed by atoms with E-state index >= 15 is 0 Å². The minimum atomic E-state index is -0.591. The molecule has 1 rings (SSSR count). The lowest BCUT2D eigenvalue weighted by Gasteiger charge is -2.13. The van der Waals surface area contributed by atoms with Gasteiger partial charge in [0.25, 0.3) is 0 Å². The zero-order valence-corrected chi connectivity index (χ0v) is 13.4. The van der Waals surface area contributed by atoms with Crippen LogP contribution in [-0.2, 0) is 4.74 Å². The van der Waals surface area contributed by atoms with E-state index in [1.165, 1.54) is 26.4 Å². The second kappa shape index (κ2) is 8.45. The first-order valence-electron chi connectivity index (χ1n) is 6.57. The van der Waals surface area contributed by atoms with Gasteiger partial charge >= 0.3 is 12.0 Å². The van der Waals surface area contributed by atoms with E-state index in [1.807, 2.05) is 0 Å². The number of halogens is 1. The molecule has 22 heavy (non-hydrogen) atoms. The highest BCUT2D eigenvalue weighted by Gasteiger charge is 2.17. The summed E-state index contributed by atoms with van der Waals surface area (Å²) in [5.74, 6) is -0.359. The number of esters is 1. The molecule has 0 spiro atoms. The number of urea groups is 1. The van der Waals surface area contributed by atoms with Crippen molar-refractivity contribution in [2.75, 3.05) is 26.1 Å². The summed E-state index contributed by atoms with van der Waals surface area (Å²) >= 11 is 6.04. The van der Waals surface area contributed by atoms with Gasteiger partial charge in [-0.2, -0.15) is 0 Å². The number of aliphatic hydroxyl groups is 1. The summed E-state index contributed by atoms with van der Waals surface area (Å²) in [6.45, 7) is 1.95. The summed E-state index contributed by atoms with van der Waals surface area (Å²) in [5, 5.41) is 14.4. The molecule has 122 valence electrons. The Morgan fingerprint density at radius 2 is 2.05 bits per heavy atom. The number of methoxy groups -OCH3 is 2. The molecule has 0 saturated carbocycles. The van der Waals surface area contributed by atoms with E-state index in [4.69, 9.17) is 21.4 Å². The van der Waals surface area contributed by atoms with Crippen molar-refractivity contribution in [3.05, 3.63) is 22.7 Å². The number of anilines is 1. The van der Waals surface area contributed by atoms with E-state index in [2.05, 4.69) is 15.4 Å². The van der Waals surface area contributed by atoms with Crippen LogP contribution in [0.3, 0.4) is 0 Å². The van der Waals surface area contributed by atoms with Gasteiger partial charge in [0.05, 0.1) is 31.0 Å². The smallest absolute Gasteiger partial charge is 0.341 e. The minimum absolute atomic E-state index is 0.162. The maximum absolute atomic E-state index is 11.7. The summed E-state index contributed by atoms with van der Waals surface area (Å²) in [5.41, 5.74) is 0.454. The van der Waals surface area contributed by atoms with E-state index in [0.29, 0.717) is 18.7 Å². The van der Waals surface area contributed by atoms with Crippen molar-refractivity contribution in [1.82, 2.24) is 5.32 Å². The number of carbonyl (C=O) groups is 2. The molecule has 0 unspecified atom stereocenters. The molecule has 0 fully saturated rings. The van der Waals surface area contributed by atoms with Crippen molar-refractivity contribution in [3.63, 3.8) is 0 Å². The Hall–Kier alpha value is -1.99. The molecule has 0 bridgehead atoms. The van der Waals surface area contributed by atoms with E-state index < -0.39 is 18.1 Å². The van der Waals surface area contributed by atoms with Crippen LogP contribution in [0.25, 0.3) is 0 Å². The molecule has 0 saturated heterocycles. The first kappa shape index (κ1) is 18.1. The minimum Gasteiger partial charge on any atom is -0.496 e. The Balaban J connectivity index is 2.83. The van der Waals surface area contributed by atoms with Crippen LogP contribution in [0.4, 0.5) is 10.5 Å². The number of ether oxygens (including phenoxy) is 2. The highest BCUT2D eigenvalue weighted by molar-refractivity contribution is 6.34. The number of rotatable bonds is 6. The van der Waals surface area contributed by atoms with Crippen LogP contribution in [0.15, 0.2) is 12.1 Å². The summed E-state index contributed by atoms with van der Waals surface area (Å²) < 4.78 is 9.72. The molecule has 1 aromatic rings. The standard InChI is InChI=1S/C14H19ClN2O5/c1-8(18)4-5-16-14(20)17-11-7-12(21-2)9(6-10(11)15)13(19)22-3/h6-8,18H,4-5H2,1-3H3,(H2,16,17,20)/t8-/m0/s1. The first-order chi connectivity index (χ1) is 10.4. The zero-order valence-electron chi connectivity index (χ0n) is 12.6. The van der Waals surface area contributed by atoms with Gasteiger partial charge < -0.3 is 25.2 Å². The molecule has 0 radical (unpaired) electrons. The lowest BCUT2D eigenvalue weighted by molar-refractivity contribution is 0.0597. The number of benzene rings is 1. The number of amides is 2. The normalized spacial score (nSPS) is 11.5. The average Bonchev–Trinajstić information content (AvgIpc) is 2.47. The van der Waals surface area contributed by atoms with E-state index in [1.54, 1.807) is 6.92 Å². The predicted octanol–water partition coefficient (Wildman–Crippen LogP) is 2.03. The van der Waals surface area contributed by atoms with Crippen LogP contribution in [0, 0.1) is 0 Å². The Kier molecular flexibility index (Phi) is 6.94. The molecule has 1 atom stereocenters. The van der Waals surface area contributed by atoms with Gasteiger partial charge in [0, 0.05) is 12.6 Å². The number of aliphatic hydroxyl groups excluding tert-OH is 1.